The standard InChI is InChI=1S/C20H25F2N5O2S/c21-20(22)27-7-5-23-17(27)14-24-8-10-25(11-9-24)18(28)15-3-1-6-26(13-15)19(29)16-4-2-12-30-16/h2,4-5,7,12,15,20H,1,3,6,8-11,13-14H2. The molecule has 30 heavy (non-hydrogen) atoms. The molecule has 2 fully saturated rings. The normalized spacial score (nSPS) is 20.7. The van der Waals surface area contributed by atoms with Crippen LogP contribution in [0.3, 0.4) is 0 Å². The highest BCUT2D eigenvalue weighted by atomic mass is 32.1. The molecule has 1 atom stereocenters. The van der Waals surface area contributed by atoms with Gasteiger partial charge >= 0.3 is 6.55 Å². The number of piperazine rings is 1. The molecule has 0 aromatic carbocycles. The van der Waals surface area contributed by atoms with Crippen LogP contribution in [0.5, 0.6) is 0 Å². The van der Waals surface area contributed by atoms with Gasteiger partial charge in [0.15, 0.2) is 0 Å². The average Bonchev–Trinajstić information content (AvgIpc) is 3.46. The summed E-state index contributed by atoms with van der Waals surface area (Å²) >= 11 is 1.42. The second kappa shape index (κ2) is 9.22. The first-order valence-corrected chi connectivity index (χ1v) is 11.0. The van der Waals surface area contributed by atoms with Crippen LogP contribution in [-0.4, -0.2) is 75.3 Å². The number of hydrogen-bond donors (Lipinski definition) is 0. The van der Waals surface area contributed by atoms with E-state index in [1.54, 1.807) is 4.90 Å². The lowest BCUT2D eigenvalue weighted by Crippen LogP contribution is -2.52. The van der Waals surface area contributed by atoms with E-state index in [1.807, 2.05) is 27.3 Å². The Balaban J connectivity index is 1.29. The van der Waals surface area contributed by atoms with Crippen molar-refractivity contribution in [3.05, 3.63) is 40.6 Å². The number of halogens is 2. The van der Waals surface area contributed by atoms with E-state index in [2.05, 4.69) is 4.98 Å². The Kier molecular flexibility index (Phi) is 6.43. The highest BCUT2D eigenvalue weighted by molar-refractivity contribution is 7.12. The molecule has 1 unspecified atom stereocenters. The number of nitrogens with zero attached hydrogens (tertiary/aromatic N) is 5. The fraction of sp³-hybridized carbons (Fsp3) is 0.550. The Labute approximate surface area is 177 Å². The smallest absolute Gasteiger partial charge is 0.319 e. The number of aromatic nitrogens is 2. The summed E-state index contributed by atoms with van der Waals surface area (Å²) in [4.78, 5) is 36.1. The number of carbonyl (C=O) groups is 2. The van der Waals surface area contributed by atoms with Crippen LogP contribution in [0, 0.1) is 5.92 Å². The fourth-order valence-corrected chi connectivity index (χ4v) is 4.84. The number of imidazole rings is 1. The molecule has 2 aromatic rings. The van der Waals surface area contributed by atoms with Gasteiger partial charge in [-0.05, 0) is 24.3 Å². The molecular formula is C20H25F2N5O2S. The van der Waals surface area contributed by atoms with Crippen LogP contribution in [0.4, 0.5) is 8.78 Å². The predicted molar refractivity (Wildman–Crippen MR) is 108 cm³/mol. The zero-order chi connectivity index (χ0) is 21.1. The Morgan fingerprint density at radius 1 is 1.17 bits per heavy atom. The maximum Gasteiger partial charge on any atom is 0.319 e. The van der Waals surface area contributed by atoms with Crippen molar-refractivity contribution >= 4 is 23.2 Å². The molecule has 2 aliphatic rings. The SMILES string of the molecule is O=C(c1cccs1)N1CCCC(C(=O)N2CCN(Cc3nccn3C(F)F)CC2)C1. The lowest BCUT2D eigenvalue weighted by atomic mass is 9.96. The summed E-state index contributed by atoms with van der Waals surface area (Å²) in [7, 11) is 0. The summed E-state index contributed by atoms with van der Waals surface area (Å²) in [6, 6.07) is 3.68. The van der Waals surface area contributed by atoms with E-state index in [9.17, 15) is 18.4 Å². The summed E-state index contributed by atoms with van der Waals surface area (Å²) < 4.78 is 26.9. The molecule has 2 amide bonds. The molecule has 4 heterocycles. The third-order valence-electron chi connectivity index (χ3n) is 5.80. The molecule has 7 nitrogen and oxygen atoms in total. The topological polar surface area (TPSA) is 61.7 Å². The van der Waals surface area contributed by atoms with Gasteiger partial charge in [0, 0.05) is 51.7 Å². The number of alkyl halides is 2. The minimum Gasteiger partial charge on any atom is -0.340 e. The lowest BCUT2D eigenvalue weighted by molar-refractivity contribution is -0.138. The summed E-state index contributed by atoms with van der Waals surface area (Å²) in [5.41, 5.74) is 0. The zero-order valence-electron chi connectivity index (χ0n) is 16.6. The number of likely N-dealkylation sites (tertiary alicyclic amines) is 1. The van der Waals surface area contributed by atoms with Gasteiger partial charge in [0.2, 0.25) is 5.91 Å². The molecule has 0 bridgehead atoms. The van der Waals surface area contributed by atoms with E-state index in [-0.39, 0.29) is 17.7 Å². The molecule has 2 aromatic heterocycles. The minimum absolute atomic E-state index is 0.00171. The van der Waals surface area contributed by atoms with Gasteiger partial charge in [-0.1, -0.05) is 6.07 Å². The minimum atomic E-state index is -2.60. The number of hydrogen-bond acceptors (Lipinski definition) is 5. The number of thiophene rings is 1. The van der Waals surface area contributed by atoms with Crippen LogP contribution in [0.25, 0.3) is 0 Å². The van der Waals surface area contributed by atoms with E-state index >= 15 is 0 Å². The predicted octanol–water partition coefficient (Wildman–Crippen LogP) is 2.54. The van der Waals surface area contributed by atoms with Gasteiger partial charge < -0.3 is 9.80 Å². The number of amides is 2. The average molecular weight is 438 g/mol. The summed E-state index contributed by atoms with van der Waals surface area (Å²) in [5.74, 6) is 0.251. The largest absolute Gasteiger partial charge is 0.340 e. The molecule has 0 N–H and O–H groups in total. The van der Waals surface area contributed by atoms with E-state index in [4.69, 9.17) is 0 Å². The first kappa shape index (κ1) is 20.9. The Morgan fingerprint density at radius 2 is 1.97 bits per heavy atom. The molecule has 4 rings (SSSR count). The Morgan fingerprint density at radius 3 is 2.67 bits per heavy atom. The summed E-state index contributed by atoms with van der Waals surface area (Å²) in [6.07, 6.45) is 4.28. The molecule has 162 valence electrons. The zero-order valence-corrected chi connectivity index (χ0v) is 17.4. The van der Waals surface area contributed by atoms with Gasteiger partial charge in [0.1, 0.15) is 5.82 Å². The first-order valence-electron chi connectivity index (χ1n) is 10.2. The van der Waals surface area contributed by atoms with E-state index in [1.165, 1.54) is 23.7 Å². The van der Waals surface area contributed by atoms with Gasteiger partial charge in [-0.2, -0.15) is 8.78 Å². The maximum atomic E-state index is 13.0. The van der Waals surface area contributed by atoms with Crippen molar-refractivity contribution in [2.75, 3.05) is 39.3 Å². The molecule has 0 spiro atoms. The van der Waals surface area contributed by atoms with Crippen LogP contribution >= 0.6 is 11.3 Å². The number of rotatable bonds is 5. The highest BCUT2D eigenvalue weighted by Gasteiger charge is 2.33. The van der Waals surface area contributed by atoms with Crippen LogP contribution in [0.2, 0.25) is 0 Å². The quantitative estimate of drug-likeness (QED) is 0.721. The molecule has 10 heteroatoms. The number of carbonyl (C=O) groups excluding carboxylic acids is 2. The molecule has 0 aliphatic carbocycles. The van der Waals surface area contributed by atoms with Gasteiger partial charge in [-0.25, -0.2) is 4.98 Å². The van der Waals surface area contributed by atoms with Gasteiger partial charge in [-0.3, -0.25) is 19.1 Å². The number of piperidine rings is 1. The summed E-state index contributed by atoms with van der Waals surface area (Å²) in [6.45, 7) is 1.24. The van der Waals surface area contributed by atoms with Crippen molar-refractivity contribution in [2.24, 2.45) is 5.92 Å². The van der Waals surface area contributed by atoms with Crippen LogP contribution < -0.4 is 0 Å². The van der Waals surface area contributed by atoms with Crippen LogP contribution in [0.1, 0.15) is 34.9 Å². The monoisotopic (exact) mass is 437 g/mol. The molecular weight excluding hydrogens is 412 g/mol. The van der Waals surface area contributed by atoms with E-state index in [0.717, 1.165) is 17.4 Å². The third kappa shape index (κ3) is 4.54. The van der Waals surface area contributed by atoms with Crippen molar-refractivity contribution < 1.29 is 18.4 Å². The molecule has 0 saturated carbocycles. The highest BCUT2D eigenvalue weighted by Crippen LogP contribution is 2.23. The van der Waals surface area contributed by atoms with E-state index < -0.39 is 6.55 Å². The third-order valence-corrected chi connectivity index (χ3v) is 6.66. The summed E-state index contributed by atoms with van der Waals surface area (Å²) in [5, 5.41) is 1.88. The lowest BCUT2D eigenvalue weighted by Gasteiger charge is -2.38. The van der Waals surface area contributed by atoms with E-state index in [0.29, 0.717) is 56.5 Å². The van der Waals surface area contributed by atoms with Gasteiger partial charge in [-0.15, -0.1) is 11.3 Å². The van der Waals surface area contributed by atoms with Crippen LogP contribution in [0.15, 0.2) is 29.9 Å². The van der Waals surface area contributed by atoms with Crippen LogP contribution in [-0.2, 0) is 11.3 Å². The second-order valence-corrected chi connectivity index (χ2v) is 8.65. The van der Waals surface area contributed by atoms with Crippen molar-refractivity contribution in [3.8, 4) is 0 Å². The molecule has 2 saturated heterocycles. The molecule has 2 aliphatic heterocycles. The molecule has 0 radical (unpaired) electrons. The second-order valence-electron chi connectivity index (χ2n) is 7.70. The Hall–Kier alpha value is -2.33. The van der Waals surface area contributed by atoms with Gasteiger partial charge in [0.05, 0.1) is 17.3 Å². The fourth-order valence-electron chi connectivity index (χ4n) is 4.15. The van der Waals surface area contributed by atoms with Crippen molar-refractivity contribution in [1.82, 2.24) is 24.3 Å². The maximum absolute atomic E-state index is 13.0. The van der Waals surface area contributed by atoms with Crippen molar-refractivity contribution in [2.45, 2.75) is 25.9 Å². The first-order chi connectivity index (χ1) is 14.5. The van der Waals surface area contributed by atoms with Crippen molar-refractivity contribution in [3.63, 3.8) is 0 Å². The van der Waals surface area contributed by atoms with Crippen molar-refractivity contribution in [1.29, 1.82) is 0 Å². The van der Waals surface area contributed by atoms with Gasteiger partial charge in [0.25, 0.3) is 5.91 Å². The Bertz CT molecular complexity index is 864.